The second-order valence-corrected chi connectivity index (χ2v) is 6.65. The summed E-state index contributed by atoms with van der Waals surface area (Å²) < 4.78 is 41.4. The second-order valence-electron chi connectivity index (χ2n) is 6.27. The predicted octanol–water partition coefficient (Wildman–Crippen LogP) is 5.02. The van der Waals surface area contributed by atoms with E-state index in [1.807, 2.05) is 0 Å². The summed E-state index contributed by atoms with van der Waals surface area (Å²) in [7, 11) is 0. The van der Waals surface area contributed by atoms with Crippen LogP contribution in [0.5, 0.6) is 0 Å². The summed E-state index contributed by atoms with van der Waals surface area (Å²) in [5, 5.41) is 2.44. The van der Waals surface area contributed by atoms with Gasteiger partial charge in [0.2, 0.25) is 11.8 Å². The van der Waals surface area contributed by atoms with Gasteiger partial charge in [0.25, 0.3) is 0 Å². The van der Waals surface area contributed by atoms with Gasteiger partial charge in [-0.2, -0.15) is 0 Å². The van der Waals surface area contributed by atoms with Crippen LogP contribution in [0.1, 0.15) is 12.5 Å². The lowest BCUT2D eigenvalue weighted by atomic mass is 10.1. The number of aromatic nitrogens is 1. The summed E-state index contributed by atoms with van der Waals surface area (Å²) in [4.78, 5) is 29.3. The van der Waals surface area contributed by atoms with Crippen LogP contribution >= 0.6 is 11.6 Å². The van der Waals surface area contributed by atoms with Crippen LogP contribution in [-0.4, -0.2) is 16.8 Å². The third-order valence-electron chi connectivity index (χ3n) is 4.13. The molecule has 2 amide bonds. The van der Waals surface area contributed by atoms with Gasteiger partial charge in [0.15, 0.2) is 11.6 Å². The molecule has 0 saturated carbocycles. The number of halogens is 4. The molecule has 0 radical (unpaired) electrons. The van der Waals surface area contributed by atoms with Crippen LogP contribution in [0.25, 0.3) is 0 Å². The number of benzene rings is 2. The summed E-state index contributed by atoms with van der Waals surface area (Å²) in [5.74, 6) is -4.08. The number of carbonyl (C=O) groups excluding carboxylic acids is 2. The molecule has 3 aromatic rings. The van der Waals surface area contributed by atoms with E-state index >= 15 is 0 Å². The van der Waals surface area contributed by atoms with Crippen molar-refractivity contribution in [2.75, 3.05) is 10.2 Å². The van der Waals surface area contributed by atoms with Crippen molar-refractivity contribution < 1.29 is 22.8 Å². The number of nitrogens with zero attached hydrogens (tertiary/aromatic N) is 2. The zero-order valence-electron chi connectivity index (χ0n) is 15.6. The van der Waals surface area contributed by atoms with E-state index in [1.165, 1.54) is 55.6 Å². The second kappa shape index (κ2) is 8.96. The van der Waals surface area contributed by atoms with E-state index in [0.717, 1.165) is 11.0 Å². The average Bonchev–Trinajstić information content (AvgIpc) is 2.69. The molecule has 0 fully saturated rings. The lowest BCUT2D eigenvalue weighted by Gasteiger charge is -2.21. The zero-order valence-corrected chi connectivity index (χ0v) is 16.4. The van der Waals surface area contributed by atoms with Gasteiger partial charge in [0.05, 0.1) is 17.1 Å². The number of anilines is 3. The van der Waals surface area contributed by atoms with E-state index in [0.29, 0.717) is 5.56 Å². The van der Waals surface area contributed by atoms with Crippen LogP contribution in [0.4, 0.5) is 30.4 Å². The molecule has 5 nitrogen and oxygen atoms in total. The minimum absolute atomic E-state index is 0.0198. The van der Waals surface area contributed by atoms with E-state index in [1.54, 1.807) is 0 Å². The smallest absolute Gasteiger partial charge is 0.229 e. The molecule has 30 heavy (non-hydrogen) atoms. The molecule has 0 unspecified atom stereocenters. The SMILES string of the molecule is CC(=O)N(c1cc(NC(=O)Cc2cccc(F)c2Cl)ccn1)c1cccc(F)c1F. The van der Waals surface area contributed by atoms with E-state index in [4.69, 9.17) is 11.6 Å². The minimum Gasteiger partial charge on any atom is -0.326 e. The van der Waals surface area contributed by atoms with Gasteiger partial charge in [-0.15, -0.1) is 0 Å². The minimum atomic E-state index is -1.20. The van der Waals surface area contributed by atoms with Crippen LogP contribution in [-0.2, 0) is 16.0 Å². The van der Waals surface area contributed by atoms with Gasteiger partial charge < -0.3 is 5.32 Å². The zero-order chi connectivity index (χ0) is 21.8. The van der Waals surface area contributed by atoms with E-state index in [-0.39, 0.29) is 28.6 Å². The fourth-order valence-corrected chi connectivity index (χ4v) is 2.99. The van der Waals surface area contributed by atoms with Gasteiger partial charge >= 0.3 is 0 Å². The molecule has 2 aromatic carbocycles. The van der Waals surface area contributed by atoms with Crippen LogP contribution in [0, 0.1) is 17.5 Å². The molecule has 1 N–H and O–H groups in total. The Bertz CT molecular complexity index is 1120. The fraction of sp³-hybridized carbons (Fsp3) is 0.0952. The molecule has 1 heterocycles. The van der Waals surface area contributed by atoms with Crippen molar-refractivity contribution in [2.24, 2.45) is 0 Å². The summed E-state index contributed by atoms with van der Waals surface area (Å²) in [5.41, 5.74) is 0.237. The normalized spacial score (nSPS) is 10.6. The third kappa shape index (κ3) is 4.60. The number of amides is 2. The first-order valence-electron chi connectivity index (χ1n) is 8.71. The molecule has 154 valence electrons. The van der Waals surface area contributed by atoms with Gasteiger partial charge in [-0.05, 0) is 29.8 Å². The monoisotopic (exact) mass is 433 g/mol. The molecule has 0 bridgehead atoms. The number of carbonyl (C=O) groups is 2. The van der Waals surface area contributed by atoms with Crippen LogP contribution in [0.2, 0.25) is 5.02 Å². The molecular formula is C21H15ClF3N3O2. The summed E-state index contributed by atoms with van der Waals surface area (Å²) >= 11 is 5.86. The summed E-state index contributed by atoms with van der Waals surface area (Å²) in [6.07, 6.45) is 1.11. The van der Waals surface area contributed by atoms with Crippen molar-refractivity contribution in [2.45, 2.75) is 13.3 Å². The topological polar surface area (TPSA) is 62.3 Å². The Balaban J connectivity index is 1.85. The first-order chi connectivity index (χ1) is 14.3. The van der Waals surface area contributed by atoms with Gasteiger partial charge in [-0.3, -0.25) is 14.5 Å². The number of pyridine rings is 1. The van der Waals surface area contributed by atoms with Crippen LogP contribution in [0.3, 0.4) is 0 Å². The average molecular weight is 434 g/mol. The molecule has 0 aliphatic carbocycles. The maximum absolute atomic E-state index is 14.2. The Morgan fingerprint density at radius 3 is 2.50 bits per heavy atom. The summed E-state index contributed by atoms with van der Waals surface area (Å²) in [6.45, 7) is 1.17. The molecule has 9 heteroatoms. The molecule has 0 aliphatic rings. The number of hydrogen-bond acceptors (Lipinski definition) is 3. The molecule has 0 saturated heterocycles. The van der Waals surface area contributed by atoms with Crippen molar-refractivity contribution in [1.29, 1.82) is 0 Å². The van der Waals surface area contributed by atoms with Crippen molar-refractivity contribution in [1.82, 2.24) is 4.98 Å². The van der Waals surface area contributed by atoms with Gasteiger partial charge in [0.1, 0.15) is 11.6 Å². The number of rotatable bonds is 5. The van der Waals surface area contributed by atoms with Crippen molar-refractivity contribution in [3.05, 3.63) is 82.8 Å². The first kappa shape index (κ1) is 21.3. The van der Waals surface area contributed by atoms with Crippen LogP contribution < -0.4 is 10.2 Å². The molecule has 0 spiro atoms. The van der Waals surface area contributed by atoms with E-state index in [9.17, 15) is 22.8 Å². The lowest BCUT2D eigenvalue weighted by molar-refractivity contribution is -0.116. The van der Waals surface area contributed by atoms with Crippen LogP contribution in [0.15, 0.2) is 54.7 Å². The maximum Gasteiger partial charge on any atom is 0.229 e. The Kier molecular flexibility index (Phi) is 6.37. The molecular weight excluding hydrogens is 419 g/mol. The van der Waals surface area contributed by atoms with E-state index in [2.05, 4.69) is 10.3 Å². The Hall–Kier alpha value is -3.39. The highest BCUT2D eigenvalue weighted by molar-refractivity contribution is 6.31. The Morgan fingerprint density at radius 1 is 1.07 bits per heavy atom. The highest BCUT2D eigenvalue weighted by Gasteiger charge is 2.22. The van der Waals surface area contributed by atoms with Gasteiger partial charge in [-0.25, -0.2) is 18.2 Å². The molecule has 0 atom stereocenters. The number of nitrogens with one attached hydrogen (secondary N) is 1. The third-order valence-corrected chi connectivity index (χ3v) is 4.55. The quantitative estimate of drug-likeness (QED) is 0.614. The maximum atomic E-state index is 14.2. The van der Waals surface area contributed by atoms with Crippen molar-refractivity contribution in [3.8, 4) is 0 Å². The standard InChI is InChI=1S/C21H15ClF3N3O2/c1-12(29)28(17-7-3-6-16(24)21(17)25)18-11-14(8-9-26-18)27-19(30)10-13-4-2-5-15(23)20(13)22/h2-9,11H,10H2,1H3,(H,26,27,30). The predicted molar refractivity (Wildman–Crippen MR) is 107 cm³/mol. The summed E-state index contributed by atoms with van der Waals surface area (Å²) in [6, 6.07) is 10.3. The van der Waals surface area contributed by atoms with Crippen molar-refractivity contribution >= 4 is 40.6 Å². The lowest BCUT2D eigenvalue weighted by Crippen LogP contribution is -2.25. The Labute approximate surface area is 175 Å². The van der Waals surface area contributed by atoms with Crippen molar-refractivity contribution in [3.63, 3.8) is 0 Å². The molecule has 0 aliphatic heterocycles. The van der Waals surface area contributed by atoms with Gasteiger partial charge in [-0.1, -0.05) is 29.8 Å². The molecule has 1 aromatic heterocycles. The molecule has 3 rings (SSSR count). The first-order valence-corrected chi connectivity index (χ1v) is 9.09. The fourth-order valence-electron chi connectivity index (χ4n) is 2.80. The number of hydrogen-bond donors (Lipinski definition) is 1. The highest BCUT2D eigenvalue weighted by atomic mass is 35.5. The highest BCUT2D eigenvalue weighted by Crippen LogP contribution is 2.29. The van der Waals surface area contributed by atoms with Gasteiger partial charge in [0, 0.05) is 24.9 Å². The Morgan fingerprint density at radius 2 is 1.77 bits per heavy atom. The van der Waals surface area contributed by atoms with E-state index < -0.39 is 29.3 Å². The largest absolute Gasteiger partial charge is 0.326 e.